The zero-order valence-corrected chi connectivity index (χ0v) is 11.5. The third kappa shape index (κ3) is 2.62. The van der Waals surface area contributed by atoms with E-state index in [1.54, 1.807) is 0 Å². The van der Waals surface area contributed by atoms with Gasteiger partial charge in [0, 0.05) is 19.6 Å². The molecular weight excluding hydrogens is 308 g/mol. The van der Waals surface area contributed by atoms with Gasteiger partial charge in [-0.15, -0.1) is 0 Å². The standard InChI is InChI=1S/C12H14F4N4O2/c13-8-9(19-3-5-22-6-4-19)18-11-17-7(12(14,15)16)1-2-20(11)10(8)21/h7H,1-6H2,(H,17,18)/t7-/m0/s1. The number of nitrogens with zero attached hydrogens (tertiary/aromatic N) is 3. The Hall–Kier alpha value is -1.84. The van der Waals surface area contributed by atoms with Crippen LogP contribution in [0.5, 0.6) is 0 Å². The van der Waals surface area contributed by atoms with Crippen LogP contribution in [0.2, 0.25) is 0 Å². The summed E-state index contributed by atoms with van der Waals surface area (Å²) in [6, 6.07) is -1.79. The summed E-state index contributed by atoms with van der Waals surface area (Å²) >= 11 is 0. The monoisotopic (exact) mass is 322 g/mol. The molecular formula is C12H14F4N4O2. The molecule has 0 spiro atoms. The molecule has 1 aromatic rings. The molecule has 0 unspecified atom stereocenters. The Morgan fingerprint density at radius 1 is 1.23 bits per heavy atom. The van der Waals surface area contributed by atoms with Crippen molar-refractivity contribution >= 4 is 11.8 Å². The van der Waals surface area contributed by atoms with Crippen molar-refractivity contribution < 1.29 is 22.3 Å². The van der Waals surface area contributed by atoms with E-state index >= 15 is 0 Å². The number of ether oxygens (including phenoxy) is 1. The Labute approximate surface area is 122 Å². The molecule has 22 heavy (non-hydrogen) atoms. The zero-order valence-electron chi connectivity index (χ0n) is 11.5. The van der Waals surface area contributed by atoms with E-state index in [1.165, 1.54) is 4.90 Å². The van der Waals surface area contributed by atoms with Gasteiger partial charge < -0.3 is 15.0 Å². The van der Waals surface area contributed by atoms with Gasteiger partial charge in [0.15, 0.2) is 5.82 Å². The topological polar surface area (TPSA) is 59.4 Å². The van der Waals surface area contributed by atoms with Gasteiger partial charge in [-0.3, -0.25) is 9.36 Å². The largest absolute Gasteiger partial charge is 0.408 e. The number of hydrogen-bond donors (Lipinski definition) is 1. The minimum absolute atomic E-state index is 0.224. The highest BCUT2D eigenvalue weighted by Crippen LogP contribution is 2.29. The van der Waals surface area contributed by atoms with Crippen molar-refractivity contribution in [1.29, 1.82) is 0 Å². The summed E-state index contributed by atoms with van der Waals surface area (Å²) in [6.07, 6.45) is -4.79. The molecule has 0 aromatic carbocycles. The third-order valence-electron chi connectivity index (χ3n) is 3.75. The molecule has 1 atom stereocenters. The van der Waals surface area contributed by atoms with Crippen LogP contribution in [0, 0.1) is 5.82 Å². The van der Waals surface area contributed by atoms with Crippen LogP contribution in [0.4, 0.5) is 29.3 Å². The van der Waals surface area contributed by atoms with E-state index in [1.807, 2.05) is 0 Å². The molecule has 3 rings (SSSR count). The number of hydrogen-bond acceptors (Lipinski definition) is 5. The van der Waals surface area contributed by atoms with Gasteiger partial charge in [-0.1, -0.05) is 0 Å². The van der Waals surface area contributed by atoms with Crippen LogP contribution in [0.15, 0.2) is 4.79 Å². The lowest BCUT2D eigenvalue weighted by Gasteiger charge is -2.32. The number of aromatic nitrogens is 2. The first kappa shape index (κ1) is 15.1. The van der Waals surface area contributed by atoms with E-state index in [0.717, 1.165) is 4.57 Å². The number of morpholine rings is 1. The molecule has 6 nitrogen and oxygen atoms in total. The van der Waals surface area contributed by atoms with Gasteiger partial charge in [0.1, 0.15) is 6.04 Å². The van der Waals surface area contributed by atoms with Crippen molar-refractivity contribution in [2.24, 2.45) is 0 Å². The van der Waals surface area contributed by atoms with Gasteiger partial charge in [0.25, 0.3) is 5.56 Å². The average Bonchev–Trinajstić information content (AvgIpc) is 2.50. The molecule has 1 N–H and O–H groups in total. The predicted octanol–water partition coefficient (Wildman–Crippen LogP) is 0.965. The highest BCUT2D eigenvalue weighted by atomic mass is 19.4. The average molecular weight is 322 g/mol. The maximum Gasteiger partial charge on any atom is 0.408 e. The van der Waals surface area contributed by atoms with Crippen LogP contribution in [0.3, 0.4) is 0 Å². The van der Waals surface area contributed by atoms with Crippen molar-refractivity contribution in [3.05, 3.63) is 16.2 Å². The van der Waals surface area contributed by atoms with E-state index in [0.29, 0.717) is 26.3 Å². The summed E-state index contributed by atoms with van der Waals surface area (Å²) in [4.78, 5) is 17.4. The molecule has 2 aliphatic heterocycles. The Kier molecular flexibility index (Phi) is 3.71. The van der Waals surface area contributed by atoms with Crippen LogP contribution in [-0.4, -0.2) is 48.1 Å². The summed E-state index contributed by atoms with van der Waals surface area (Å²) in [7, 11) is 0. The highest BCUT2D eigenvalue weighted by molar-refractivity contribution is 5.46. The van der Waals surface area contributed by atoms with Crippen LogP contribution in [0.1, 0.15) is 6.42 Å². The van der Waals surface area contributed by atoms with Crippen molar-refractivity contribution in [3.63, 3.8) is 0 Å². The summed E-state index contributed by atoms with van der Waals surface area (Å²) < 4.78 is 58.6. The first-order valence-electron chi connectivity index (χ1n) is 6.84. The zero-order chi connectivity index (χ0) is 15.9. The van der Waals surface area contributed by atoms with Gasteiger partial charge in [0.2, 0.25) is 11.8 Å². The fourth-order valence-corrected chi connectivity index (χ4v) is 2.55. The fraction of sp³-hybridized carbons (Fsp3) is 0.667. The molecule has 1 fully saturated rings. The lowest BCUT2D eigenvalue weighted by molar-refractivity contribution is -0.145. The molecule has 0 saturated carbocycles. The van der Waals surface area contributed by atoms with Crippen LogP contribution in [0.25, 0.3) is 0 Å². The second-order valence-electron chi connectivity index (χ2n) is 5.16. The van der Waals surface area contributed by atoms with Gasteiger partial charge in [-0.05, 0) is 6.42 Å². The number of halogens is 4. The van der Waals surface area contributed by atoms with Crippen molar-refractivity contribution in [3.8, 4) is 0 Å². The maximum absolute atomic E-state index is 14.2. The molecule has 0 radical (unpaired) electrons. The van der Waals surface area contributed by atoms with Crippen LogP contribution in [-0.2, 0) is 11.3 Å². The van der Waals surface area contributed by atoms with E-state index in [4.69, 9.17) is 4.74 Å². The third-order valence-corrected chi connectivity index (χ3v) is 3.75. The van der Waals surface area contributed by atoms with Crippen LogP contribution >= 0.6 is 0 Å². The number of rotatable bonds is 1. The number of alkyl halides is 3. The molecule has 0 aliphatic carbocycles. The molecule has 10 heteroatoms. The van der Waals surface area contributed by atoms with E-state index in [2.05, 4.69) is 10.3 Å². The molecule has 1 aromatic heterocycles. The summed E-state index contributed by atoms with van der Waals surface area (Å²) in [5.41, 5.74) is -0.959. The van der Waals surface area contributed by atoms with Gasteiger partial charge in [0.05, 0.1) is 13.2 Å². The fourth-order valence-electron chi connectivity index (χ4n) is 2.55. The number of fused-ring (bicyclic) bond motifs is 1. The lowest BCUT2D eigenvalue weighted by Crippen LogP contribution is -2.46. The predicted molar refractivity (Wildman–Crippen MR) is 69.6 cm³/mol. The Bertz CT molecular complexity index is 625. The minimum Gasteiger partial charge on any atom is -0.378 e. The first-order chi connectivity index (χ1) is 10.4. The number of nitrogens with one attached hydrogen (secondary N) is 1. The summed E-state index contributed by atoms with van der Waals surface area (Å²) in [5.74, 6) is -1.52. The first-order valence-corrected chi connectivity index (χ1v) is 6.84. The second kappa shape index (κ2) is 5.41. The summed E-state index contributed by atoms with van der Waals surface area (Å²) in [5, 5.41) is 2.19. The minimum atomic E-state index is -4.45. The van der Waals surface area contributed by atoms with Gasteiger partial charge in [-0.2, -0.15) is 22.5 Å². The highest BCUT2D eigenvalue weighted by Gasteiger charge is 2.42. The molecule has 0 amide bonds. The number of anilines is 2. The quantitative estimate of drug-likeness (QED) is 0.781. The molecule has 122 valence electrons. The van der Waals surface area contributed by atoms with E-state index in [9.17, 15) is 22.4 Å². The second-order valence-corrected chi connectivity index (χ2v) is 5.16. The SMILES string of the molecule is O=c1c(F)c(N2CCOCC2)nc2n1CC[C@@H](C(F)(F)F)N2. The molecule has 3 heterocycles. The summed E-state index contributed by atoms with van der Waals surface area (Å²) in [6.45, 7) is 1.12. The molecule has 1 saturated heterocycles. The Morgan fingerprint density at radius 3 is 2.55 bits per heavy atom. The Balaban J connectivity index is 1.98. The van der Waals surface area contributed by atoms with Crippen molar-refractivity contribution in [1.82, 2.24) is 9.55 Å². The smallest absolute Gasteiger partial charge is 0.378 e. The lowest BCUT2D eigenvalue weighted by atomic mass is 10.1. The normalized spacial score (nSPS) is 22.2. The molecule has 2 aliphatic rings. The molecule has 0 bridgehead atoms. The van der Waals surface area contributed by atoms with Crippen LogP contribution < -0.4 is 15.8 Å². The maximum atomic E-state index is 14.2. The van der Waals surface area contributed by atoms with E-state index < -0.39 is 23.6 Å². The van der Waals surface area contributed by atoms with Crippen molar-refractivity contribution in [2.75, 3.05) is 36.5 Å². The Morgan fingerprint density at radius 2 is 1.91 bits per heavy atom. The van der Waals surface area contributed by atoms with Gasteiger partial charge in [-0.25, -0.2) is 0 Å². The van der Waals surface area contributed by atoms with E-state index in [-0.39, 0.29) is 24.7 Å². The van der Waals surface area contributed by atoms with Gasteiger partial charge >= 0.3 is 6.18 Å². The van der Waals surface area contributed by atoms with Crippen molar-refractivity contribution in [2.45, 2.75) is 25.2 Å².